The molecule has 6 atom stereocenters. The van der Waals surface area contributed by atoms with Crippen LogP contribution in [0.25, 0.3) is 6.08 Å². The van der Waals surface area contributed by atoms with Crippen molar-refractivity contribution in [2.75, 3.05) is 6.61 Å². The monoisotopic (exact) mass is 400 g/mol. The third-order valence-electron chi connectivity index (χ3n) is 8.55. The van der Waals surface area contributed by atoms with Gasteiger partial charge in [0.25, 0.3) is 0 Å². The number of esters is 1. The highest BCUT2D eigenvalue weighted by Gasteiger charge is 2.74. The molecule has 2 N–H and O–H groups in total. The Morgan fingerprint density at radius 1 is 1.17 bits per heavy atom. The van der Waals surface area contributed by atoms with Gasteiger partial charge in [-0.15, -0.1) is 0 Å². The number of aliphatic hydroxyl groups excluding tert-OH is 1. The van der Waals surface area contributed by atoms with E-state index < -0.39 is 6.29 Å². The lowest BCUT2D eigenvalue weighted by Crippen LogP contribution is -2.56. The predicted molar refractivity (Wildman–Crippen MR) is 110 cm³/mol. The van der Waals surface area contributed by atoms with Crippen molar-refractivity contribution in [3.63, 3.8) is 0 Å². The van der Waals surface area contributed by atoms with Crippen molar-refractivity contribution < 1.29 is 24.5 Å². The Hall–Kier alpha value is -1.85. The second-order valence-corrected chi connectivity index (χ2v) is 10.1. The first kappa shape index (κ1) is 20.4. The van der Waals surface area contributed by atoms with Crippen LogP contribution in [0.2, 0.25) is 0 Å². The first-order chi connectivity index (χ1) is 13.6. The maximum absolute atomic E-state index is 12.7. The predicted octanol–water partition coefficient (Wildman–Crippen LogP) is 4.13. The van der Waals surface area contributed by atoms with E-state index in [2.05, 4.69) is 27.7 Å². The van der Waals surface area contributed by atoms with E-state index in [9.17, 15) is 15.0 Å². The minimum Gasteiger partial charge on any atom is -0.508 e. The molecule has 0 radical (unpaired) electrons. The van der Waals surface area contributed by atoms with E-state index >= 15 is 0 Å². The second kappa shape index (κ2) is 6.85. The highest BCUT2D eigenvalue weighted by molar-refractivity contribution is 5.87. The van der Waals surface area contributed by atoms with Crippen molar-refractivity contribution in [3.05, 3.63) is 35.9 Å². The zero-order valence-electron chi connectivity index (χ0n) is 17.7. The first-order valence-electron chi connectivity index (χ1n) is 10.6. The van der Waals surface area contributed by atoms with E-state index in [0.29, 0.717) is 6.61 Å². The zero-order chi connectivity index (χ0) is 21.0. The van der Waals surface area contributed by atoms with Crippen LogP contribution in [0.3, 0.4) is 0 Å². The third kappa shape index (κ3) is 2.93. The van der Waals surface area contributed by atoms with Gasteiger partial charge in [-0.2, -0.15) is 0 Å². The van der Waals surface area contributed by atoms with Gasteiger partial charge in [0.1, 0.15) is 11.9 Å². The SMILES string of the molecule is CC1(C)CCCC2(C)C(OC(=O)C=Cc3ccc(O)cc3)C3COC(O)C3C12C. The Kier molecular flexibility index (Phi) is 4.82. The van der Waals surface area contributed by atoms with Crippen LogP contribution >= 0.6 is 0 Å². The van der Waals surface area contributed by atoms with Crippen molar-refractivity contribution >= 4 is 12.0 Å². The normalized spacial score (nSPS) is 40.6. The molecule has 1 aromatic rings. The lowest BCUT2D eigenvalue weighted by atomic mass is 9.46. The van der Waals surface area contributed by atoms with Gasteiger partial charge in [0.2, 0.25) is 0 Å². The number of carbonyl (C=O) groups is 1. The van der Waals surface area contributed by atoms with Gasteiger partial charge in [0, 0.05) is 23.3 Å². The maximum atomic E-state index is 12.7. The molecule has 3 aliphatic rings. The summed E-state index contributed by atoms with van der Waals surface area (Å²) in [7, 11) is 0. The third-order valence-corrected chi connectivity index (χ3v) is 8.55. The van der Waals surface area contributed by atoms with Crippen molar-refractivity contribution in [1.82, 2.24) is 0 Å². The number of carbonyl (C=O) groups excluding carboxylic acids is 1. The Morgan fingerprint density at radius 3 is 2.55 bits per heavy atom. The van der Waals surface area contributed by atoms with Gasteiger partial charge in [0.15, 0.2) is 6.29 Å². The standard InChI is InChI=1S/C24H32O5/c1-22(2)12-5-13-23(3)20(17-14-28-21(27)19(17)24(22,23)4)29-18(26)11-8-15-6-9-16(25)10-7-15/h6-11,17,19-21,25,27H,5,12-14H2,1-4H3. The lowest BCUT2D eigenvalue weighted by Gasteiger charge is -2.59. The van der Waals surface area contributed by atoms with Crippen LogP contribution in [0.5, 0.6) is 5.75 Å². The van der Waals surface area contributed by atoms with E-state index in [1.54, 1.807) is 30.3 Å². The number of rotatable bonds is 3. The first-order valence-corrected chi connectivity index (χ1v) is 10.6. The summed E-state index contributed by atoms with van der Waals surface area (Å²) in [6, 6.07) is 6.66. The number of phenolic OH excluding ortho intramolecular Hbond substituents is 1. The molecule has 3 fully saturated rings. The van der Waals surface area contributed by atoms with E-state index in [1.165, 1.54) is 6.08 Å². The average molecular weight is 401 g/mol. The number of aromatic hydroxyl groups is 1. The summed E-state index contributed by atoms with van der Waals surface area (Å²) < 4.78 is 11.7. The van der Waals surface area contributed by atoms with E-state index in [-0.39, 0.29) is 45.9 Å². The van der Waals surface area contributed by atoms with Gasteiger partial charge < -0.3 is 19.7 Å². The molecule has 0 spiro atoms. The maximum Gasteiger partial charge on any atom is 0.331 e. The fourth-order valence-corrected chi connectivity index (χ4v) is 6.68. The molecule has 158 valence electrons. The van der Waals surface area contributed by atoms with Crippen LogP contribution in [-0.4, -0.2) is 35.2 Å². The number of ether oxygens (including phenoxy) is 2. The number of hydrogen-bond acceptors (Lipinski definition) is 5. The van der Waals surface area contributed by atoms with E-state index in [4.69, 9.17) is 9.47 Å². The molecular formula is C24H32O5. The highest BCUT2D eigenvalue weighted by Crippen LogP contribution is 2.73. The van der Waals surface area contributed by atoms with Crippen LogP contribution < -0.4 is 0 Å². The number of aliphatic hydroxyl groups is 1. The molecule has 1 heterocycles. The van der Waals surface area contributed by atoms with Gasteiger partial charge in [0.05, 0.1) is 6.61 Å². The summed E-state index contributed by atoms with van der Waals surface area (Å²) in [5.74, 6) is -0.226. The highest BCUT2D eigenvalue weighted by atomic mass is 16.6. The number of benzene rings is 1. The largest absolute Gasteiger partial charge is 0.508 e. The molecule has 4 rings (SSSR count). The Bertz CT molecular complexity index is 813. The lowest BCUT2D eigenvalue weighted by molar-refractivity contribution is -0.193. The van der Waals surface area contributed by atoms with Gasteiger partial charge in [-0.3, -0.25) is 0 Å². The van der Waals surface area contributed by atoms with Gasteiger partial charge >= 0.3 is 5.97 Å². The van der Waals surface area contributed by atoms with Crippen LogP contribution in [0.1, 0.15) is 52.5 Å². The van der Waals surface area contributed by atoms with Crippen LogP contribution in [-0.2, 0) is 14.3 Å². The molecule has 1 aromatic carbocycles. The quantitative estimate of drug-likeness (QED) is 0.589. The molecule has 5 nitrogen and oxygen atoms in total. The molecule has 1 aliphatic heterocycles. The summed E-state index contributed by atoms with van der Waals surface area (Å²) >= 11 is 0. The Balaban J connectivity index is 1.61. The summed E-state index contributed by atoms with van der Waals surface area (Å²) in [5.41, 5.74) is 0.431. The van der Waals surface area contributed by atoms with Crippen LogP contribution in [0.15, 0.2) is 30.3 Å². The van der Waals surface area contributed by atoms with Gasteiger partial charge in [-0.1, -0.05) is 46.2 Å². The molecule has 2 aliphatic carbocycles. The minimum absolute atomic E-state index is 0.00315. The molecule has 0 aromatic heterocycles. The smallest absolute Gasteiger partial charge is 0.331 e. The second-order valence-electron chi connectivity index (χ2n) is 10.1. The number of fused-ring (bicyclic) bond motifs is 3. The van der Waals surface area contributed by atoms with Crippen molar-refractivity contribution in [2.45, 2.75) is 59.4 Å². The molecule has 2 saturated carbocycles. The number of phenols is 1. The fourth-order valence-electron chi connectivity index (χ4n) is 6.68. The van der Waals surface area contributed by atoms with Crippen molar-refractivity contribution in [2.24, 2.45) is 28.1 Å². The molecule has 1 saturated heterocycles. The zero-order valence-corrected chi connectivity index (χ0v) is 17.7. The molecule has 0 bridgehead atoms. The van der Waals surface area contributed by atoms with Crippen LogP contribution in [0.4, 0.5) is 0 Å². The summed E-state index contributed by atoms with van der Waals surface area (Å²) in [6.45, 7) is 9.48. The summed E-state index contributed by atoms with van der Waals surface area (Å²) in [6.07, 6.45) is 5.21. The topological polar surface area (TPSA) is 76.0 Å². The van der Waals surface area contributed by atoms with Gasteiger partial charge in [-0.25, -0.2) is 4.79 Å². The Morgan fingerprint density at radius 2 is 1.86 bits per heavy atom. The van der Waals surface area contributed by atoms with Gasteiger partial charge in [-0.05, 0) is 47.4 Å². The molecule has 0 amide bonds. The molecule has 29 heavy (non-hydrogen) atoms. The van der Waals surface area contributed by atoms with E-state index in [0.717, 1.165) is 24.8 Å². The van der Waals surface area contributed by atoms with E-state index in [1.807, 2.05) is 0 Å². The average Bonchev–Trinajstić information content (AvgIpc) is 3.12. The summed E-state index contributed by atoms with van der Waals surface area (Å²) in [5, 5.41) is 20.1. The van der Waals surface area contributed by atoms with Crippen molar-refractivity contribution in [1.29, 1.82) is 0 Å². The summed E-state index contributed by atoms with van der Waals surface area (Å²) in [4.78, 5) is 12.7. The molecule has 5 heteroatoms. The number of hydrogen-bond donors (Lipinski definition) is 2. The van der Waals surface area contributed by atoms with Crippen LogP contribution in [0, 0.1) is 28.1 Å². The Labute approximate surface area is 172 Å². The molecule has 6 unspecified atom stereocenters. The molecular weight excluding hydrogens is 368 g/mol. The minimum atomic E-state index is -0.807. The van der Waals surface area contributed by atoms with Crippen molar-refractivity contribution in [3.8, 4) is 5.75 Å². The fraction of sp³-hybridized carbons (Fsp3) is 0.625.